The van der Waals surface area contributed by atoms with Crippen molar-refractivity contribution < 1.29 is 9.59 Å². The Kier molecular flexibility index (Phi) is 4.67. The summed E-state index contributed by atoms with van der Waals surface area (Å²) in [6.45, 7) is 4.84. The summed E-state index contributed by atoms with van der Waals surface area (Å²) in [4.78, 5) is 26.4. The van der Waals surface area contributed by atoms with Crippen LogP contribution in [-0.2, 0) is 9.59 Å². The van der Waals surface area contributed by atoms with Gasteiger partial charge >= 0.3 is 0 Å². The lowest BCUT2D eigenvalue weighted by atomic mass is 9.96. The highest BCUT2D eigenvalue weighted by atomic mass is 32.2. The molecule has 2 aliphatic rings. The van der Waals surface area contributed by atoms with Crippen LogP contribution in [0.25, 0.3) is 0 Å². The number of fused-ring (bicyclic) bond motifs is 1. The third-order valence-corrected chi connectivity index (χ3v) is 6.54. The van der Waals surface area contributed by atoms with Crippen molar-refractivity contribution >= 4 is 23.6 Å². The second-order valence-corrected chi connectivity index (χ2v) is 8.03. The molecule has 2 fully saturated rings. The van der Waals surface area contributed by atoms with Crippen molar-refractivity contribution in [2.75, 3.05) is 12.3 Å². The Bertz CT molecular complexity index is 592. The number of benzene rings is 1. The van der Waals surface area contributed by atoms with Gasteiger partial charge in [-0.05, 0) is 25.3 Å². The molecule has 1 aromatic rings. The molecule has 0 radical (unpaired) electrons. The lowest BCUT2D eigenvalue weighted by molar-refractivity contribution is -0.137. The van der Waals surface area contributed by atoms with Gasteiger partial charge in [-0.1, -0.05) is 37.3 Å². The molecule has 3 rings (SSSR count). The molecule has 0 saturated carbocycles. The van der Waals surface area contributed by atoms with Crippen molar-refractivity contribution in [1.29, 1.82) is 0 Å². The number of hydrogen-bond acceptors (Lipinski definition) is 3. The van der Waals surface area contributed by atoms with Crippen LogP contribution in [0.2, 0.25) is 0 Å². The minimum atomic E-state index is -0.312. The molecule has 1 N–H and O–H groups in total. The van der Waals surface area contributed by atoms with Crippen LogP contribution in [0.5, 0.6) is 0 Å². The van der Waals surface area contributed by atoms with Gasteiger partial charge in [-0.3, -0.25) is 9.59 Å². The van der Waals surface area contributed by atoms with Gasteiger partial charge in [0.25, 0.3) is 0 Å². The van der Waals surface area contributed by atoms with Gasteiger partial charge in [0.15, 0.2) is 0 Å². The number of carbonyl (C=O) groups is 2. The number of hydrogen-bond donors (Lipinski definition) is 1. The number of nitrogens with one attached hydrogen (secondary N) is 1. The summed E-state index contributed by atoms with van der Waals surface area (Å²) in [5.41, 5.74) is 1.25. The van der Waals surface area contributed by atoms with Gasteiger partial charge in [0.05, 0.1) is 4.87 Å². The first-order chi connectivity index (χ1) is 11.0. The predicted molar refractivity (Wildman–Crippen MR) is 93.2 cm³/mol. The molecule has 0 bridgehead atoms. The maximum Gasteiger partial charge on any atom is 0.243 e. The molecule has 2 amide bonds. The second-order valence-electron chi connectivity index (χ2n) is 6.53. The molecule has 0 aliphatic carbocycles. The maximum absolute atomic E-state index is 12.6. The van der Waals surface area contributed by atoms with Crippen LogP contribution >= 0.6 is 11.8 Å². The van der Waals surface area contributed by atoms with E-state index >= 15 is 0 Å². The van der Waals surface area contributed by atoms with Crippen molar-refractivity contribution in [2.24, 2.45) is 0 Å². The van der Waals surface area contributed by atoms with Crippen molar-refractivity contribution in [3.63, 3.8) is 0 Å². The Hall–Kier alpha value is -1.49. The van der Waals surface area contributed by atoms with Gasteiger partial charge < -0.3 is 10.2 Å². The van der Waals surface area contributed by atoms with Crippen LogP contribution in [0.3, 0.4) is 0 Å². The summed E-state index contributed by atoms with van der Waals surface area (Å²) < 4.78 is 0. The summed E-state index contributed by atoms with van der Waals surface area (Å²) in [6, 6.07) is 9.96. The minimum absolute atomic E-state index is 0.00847. The normalized spacial score (nSPS) is 27.8. The summed E-state index contributed by atoms with van der Waals surface area (Å²) in [5, 5.41) is 3.08. The highest BCUT2D eigenvalue weighted by Gasteiger charge is 2.52. The number of rotatable bonds is 5. The van der Waals surface area contributed by atoms with Gasteiger partial charge in [0.1, 0.15) is 6.04 Å². The number of thioether (sulfide) groups is 1. The van der Waals surface area contributed by atoms with E-state index in [0.29, 0.717) is 24.6 Å². The van der Waals surface area contributed by atoms with Crippen LogP contribution in [0.15, 0.2) is 30.3 Å². The van der Waals surface area contributed by atoms with Gasteiger partial charge in [0, 0.05) is 24.6 Å². The highest BCUT2D eigenvalue weighted by Crippen LogP contribution is 2.47. The standard InChI is InChI=1S/C18H24N2O2S/c1-3-13(14-7-5-4-6-8-14)11-19-17(22)15-12-23-18(2)10-9-16(21)20(15)18/h4-8,13,15H,3,9-12H2,1-2H3,(H,19,22). The van der Waals surface area contributed by atoms with Gasteiger partial charge in [-0.15, -0.1) is 11.8 Å². The molecule has 23 heavy (non-hydrogen) atoms. The molecule has 0 spiro atoms. The van der Waals surface area contributed by atoms with Crippen molar-refractivity contribution in [1.82, 2.24) is 10.2 Å². The van der Waals surface area contributed by atoms with Crippen molar-refractivity contribution in [3.8, 4) is 0 Å². The zero-order valence-electron chi connectivity index (χ0n) is 13.7. The minimum Gasteiger partial charge on any atom is -0.354 e. The number of nitrogens with zero attached hydrogens (tertiary/aromatic N) is 1. The fourth-order valence-electron chi connectivity index (χ4n) is 3.58. The molecule has 0 aromatic heterocycles. The molecular weight excluding hydrogens is 308 g/mol. The maximum atomic E-state index is 12.6. The van der Waals surface area contributed by atoms with Crippen LogP contribution in [0.1, 0.15) is 44.6 Å². The van der Waals surface area contributed by atoms with Crippen molar-refractivity contribution in [3.05, 3.63) is 35.9 Å². The van der Waals surface area contributed by atoms with Crippen LogP contribution in [-0.4, -0.2) is 39.9 Å². The van der Waals surface area contributed by atoms with Crippen LogP contribution in [0.4, 0.5) is 0 Å². The highest BCUT2D eigenvalue weighted by molar-refractivity contribution is 8.01. The molecule has 3 unspecified atom stereocenters. The third-order valence-electron chi connectivity index (χ3n) is 5.03. The number of amides is 2. The quantitative estimate of drug-likeness (QED) is 0.902. The Morgan fingerprint density at radius 2 is 2.17 bits per heavy atom. The molecule has 124 valence electrons. The molecular formula is C18H24N2O2S. The lowest BCUT2D eigenvalue weighted by Crippen LogP contribution is -2.50. The fraction of sp³-hybridized carbons (Fsp3) is 0.556. The van der Waals surface area contributed by atoms with E-state index < -0.39 is 0 Å². The predicted octanol–water partition coefficient (Wildman–Crippen LogP) is 2.75. The van der Waals surface area contributed by atoms with E-state index in [2.05, 4.69) is 31.3 Å². The summed E-state index contributed by atoms with van der Waals surface area (Å²) in [6.07, 6.45) is 2.39. The Balaban J connectivity index is 1.62. The van der Waals surface area contributed by atoms with E-state index in [0.717, 1.165) is 12.8 Å². The molecule has 5 heteroatoms. The van der Waals surface area contributed by atoms with Gasteiger partial charge in [0.2, 0.25) is 11.8 Å². The third kappa shape index (κ3) is 3.11. The first-order valence-corrected chi connectivity index (χ1v) is 9.32. The zero-order chi connectivity index (χ0) is 16.4. The lowest BCUT2D eigenvalue weighted by Gasteiger charge is -2.30. The second kappa shape index (κ2) is 6.56. The van der Waals surface area contributed by atoms with E-state index in [9.17, 15) is 9.59 Å². The molecule has 2 saturated heterocycles. The van der Waals surface area contributed by atoms with Crippen LogP contribution in [0, 0.1) is 0 Å². The average Bonchev–Trinajstić information content (AvgIpc) is 3.05. The van der Waals surface area contributed by atoms with Crippen LogP contribution < -0.4 is 5.32 Å². The van der Waals surface area contributed by atoms with E-state index in [1.54, 1.807) is 11.8 Å². The van der Waals surface area contributed by atoms with Gasteiger partial charge in [-0.2, -0.15) is 0 Å². The van der Waals surface area contributed by atoms with Gasteiger partial charge in [-0.25, -0.2) is 0 Å². The molecule has 2 aliphatic heterocycles. The largest absolute Gasteiger partial charge is 0.354 e. The molecule has 1 aromatic carbocycles. The summed E-state index contributed by atoms with van der Waals surface area (Å²) >= 11 is 1.74. The van der Waals surface area contributed by atoms with Crippen molar-refractivity contribution in [2.45, 2.75) is 49.9 Å². The Morgan fingerprint density at radius 1 is 1.43 bits per heavy atom. The first-order valence-electron chi connectivity index (χ1n) is 8.34. The van der Waals surface area contributed by atoms with E-state index in [1.165, 1.54) is 5.56 Å². The van der Waals surface area contributed by atoms with E-state index in [-0.39, 0.29) is 22.7 Å². The molecule has 2 heterocycles. The smallest absolute Gasteiger partial charge is 0.243 e. The van der Waals surface area contributed by atoms with E-state index in [1.807, 2.05) is 23.1 Å². The topological polar surface area (TPSA) is 49.4 Å². The molecule has 4 nitrogen and oxygen atoms in total. The Morgan fingerprint density at radius 3 is 2.87 bits per heavy atom. The van der Waals surface area contributed by atoms with E-state index in [4.69, 9.17) is 0 Å². The fourth-order valence-corrected chi connectivity index (χ4v) is 5.01. The zero-order valence-corrected chi connectivity index (χ0v) is 14.6. The Labute approximate surface area is 142 Å². The first kappa shape index (κ1) is 16.4. The number of carbonyl (C=O) groups excluding carboxylic acids is 2. The summed E-state index contributed by atoms with van der Waals surface area (Å²) in [7, 11) is 0. The average molecular weight is 332 g/mol. The SMILES string of the molecule is CCC(CNC(=O)C1CSC2(C)CCC(=O)N12)c1ccccc1. The summed E-state index contributed by atoms with van der Waals surface area (Å²) in [5.74, 6) is 1.13. The monoisotopic (exact) mass is 332 g/mol. The molecule has 3 atom stereocenters.